The summed E-state index contributed by atoms with van der Waals surface area (Å²) in [4.78, 5) is 21.2. The van der Waals surface area contributed by atoms with Gasteiger partial charge in [0.2, 0.25) is 5.91 Å². The Hall–Kier alpha value is -3.54. The van der Waals surface area contributed by atoms with E-state index in [4.69, 9.17) is 10.7 Å². The Morgan fingerprint density at radius 3 is 2.73 bits per heavy atom. The molecule has 154 valence electrons. The molecule has 0 spiro atoms. The maximum Gasteiger partial charge on any atom is 0.229 e. The standard InChI is InChI=1S/C24H25FN4O/c1-3-16(2)21-10-9-20(22(23(26)30)18-7-5-12-27-15-18)24(29-21)28-13-11-17-6-4-8-19(25)14-17/h3-10,12,14-15,22H,11,13H2,1-2H3,(H2,26,30)(H,28,29)/b16-3+. The number of carbonyl (C=O) groups excluding carboxylic acids is 1. The van der Waals surface area contributed by atoms with Crippen LogP contribution in [0.1, 0.15) is 42.1 Å². The third kappa shape index (κ3) is 5.08. The van der Waals surface area contributed by atoms with Crippen molar-refractivity contribution in [1.29, 1.82) is 0 Å². The molecule has 1 unspecified atom stereocenters. The van der Waals surface area contributed by atoms with E-state index in [1.807, 2.05) is 44.2 Å². The molecule has 0 fully saturated rings. The van der Waals surface area contributed by atoms with E-state index in [0.29, 0.717) is 29.9 Å². The van der Waals surface area contributed by atoms with Crippen molar-refractivity contribution in [3.8, 4) is 0 Å². The van der Waals surface area contributed by atoms with Gasteiger partial charge in [0.25, 0.3) is 0 Å². The van der Waals surface area contributed by atoms with Gasteiger partial charge >= 0.3 is 0 Å². The second-order valence-corrected chi connectivity index (χ2v) is 7.03. The van der Waals surface area contributed by atoms with Gasteiger partial charge in [-0.1, -0.05) is 30.3 Å². The van der Waals surface area contributed by atoms with Gasteiger partial charge in [-0.25, -0.2) is 9.37 Å². The van der Waals surface area contributed by atoms with E-state index in [9.17, 15) is 9.18 Å². The van der Waals surface area contributed by atoms with Gasteiger partial charge in [-0.2, -0.15) is 0 Å². The molecular formula is C24H25FN4O. The lowest BCUT2D eigenvalue weighted by Gasteiger charge is -2.19. The zero-order valence-electron chi connectivity index (χ0n) is 17.1. The zero-order chi connectivity index (χ0) is 21.5. The van der Waals surface area contributed by atoms with Crippen molar-refractivity contribution in [3.05, 3.63) is 95.2 Å². The van der Waals surface area contributed by atoms with Crippen LogP contribution in [-0.2, 0) is 11.2 Å². The summed E-state index contributed by atoms with van der Waals surface area (Å²) in [6, 6.07) is 13.9. The maximum absolute atomic E-state index is 13.4. The average molecular weight is 404 g/mol. The molecule has 1 amide bonds. The minimum Gasteiger partial charge on any atom is -0.369 e. The van der Waals surface area contributed by atoms with Crippen LogP contribution >= 0.6 is 0 Å². The van der Waals surface area contributed by atoms with Crippen molar-refractivity contribution in [2.24, 2.45) is 5.73 Å². The molecule has 1 aromatic carbocycles. The van der Waals surface area contributed by atoms with Gasteiger partial charge in [0.05, 0.1) is 11.6 Å². The summed E-state index contributed by atoms with van der Waals surface area (Å²) in [5, 5.41) is 3.32. The molecule has 0 saturated heterocycles. The molecule has 0 saturated carbocycles. The predicted octanol–water partition coefficient (Wildman–Crippen LogP) is 4.31. The minimum absolute atomic E-state index is 0.262. The quantitative estimate of drug-likeness (QED) is 0.586. The van der Waals surface area contributed by atoms with Crippen molar-refractivity contribution in [3.63, 3.8) is 0 Å². The van der Waals surface area contributed by atoms with Crippen LogP contribution in [0.2, 0.25) is 0 Å². The van der Waals surface area contributed by atoms with E-state index in [0.717, 1.165) is 16.8 Å². The van der Waals surface area contributed by atoms with Crippen LogP contribution in [0, 0.1) is 5.82 Å². The van der Waals surface area contributed by atoms with Crippen molar-refractivity contribution in [2.45, 2.75) is 26.2 Å². The second kappa shape index (κ2) is 9.78. The van der Waals surface area contributed by atoms with E-state index in [-0.39, 0.29) is 5.82 Å². The Morgan fingerprint density at radius 2 is 2.07 bits per heavy atom. The number of nitrogens with two attached hydrogens (primary N) is 1. The van der Waals surface area contributed by atoms with Crippen molar-refractivity contribution in [1.82, 2.24) is 9.97 Å². The molecule has 0 radical (unpaired) electrons. The third-order valence-electron chi connectivity index (χ3n) is 4.97. The molecule has 3 aromatic rings. The summed E-state index contributed by atoms with van der Waals surface area (Å²) < 4.78 is 13.4. The van der Waals surface area contributed by atoms with Gasteiger partial charge in [-0.05, 0) is 61.2 Å². The number of nitrogens with one attached hydrogen (secondary N) is 1. The highest BCUT2D eigenvalue weighted by Crippen LogP contribution is 2.30. The molecule has 2 aromatic heterocycles. The van der Waals surface area contributed by atoms with Crippen molar-refractivity contribution < 1.29 is 9.18 Å². The van der Waals surface area contributed by atoms with Crippen LogP contribution in [0.25, 0.3) is 5.57 Å². The van der Waals surface area contributed by atoms with Crippen molar-refractivity contribution in [2.75, 3.05) is 11.9 Å². The van der Waals surface area contributed by atoms with E-state index < -0.39 is 11.8 Å². The van der Waals surface area contributed by atoms with Gasteiger partial charge in [-0.3, -0.25) is 9.78 Å². The van der Waals surface area contributed by atoms with E-state index in [1.165, 1.54) is 12.1 Å². The fourth-order valence-corrected chi connectivity index (χ4v) is 3.27. The Balaban J connectivity index is 1.94. The Kier molecular flexibility index (Phi) is 6.91. The Labute approximate surface area is 175 Å². The SMILES string of the molecule is C/C=C(\C)c1ccc(C(C(N)=O)c2cccnc2)c(NCCc2cccc(F)c2)n1. The predicted molar refractivity (Wildman–Crippen MR) is 117 cm³/mol. The molecule has 0 aliphatic heterocycles. The number of aromatic nitrogens is 2. The molecule has 3 rings (SSSR count). The number of hydrogen-bond donors (Lipinski definition) is 2. The molecular weight excluding hydrogens is 379 g/mol. The number of rotatable bonds is 8. The Morgan fingerprint density at radius 1 is 1.23 bits per heavy atom. The number of anilines is 1. The first kappa shape index (κ1) is 21.2. The minimum atomic E-state index is -0.678. The molecule has 0 aliphatic carbocycles. The summed E-state index contributed by atoms with van der Waals surface area (Å²) in [6.45, 7) is 4.45. The first-order valence-corrected chi connectivity index (χ1v) is 9.81. The molecule has 0 aliphatic rings. The van der Waals surface area contributed by atoms with Gasteiger partial charge in [0.1, 0.15) is 11.6 Å². The van der Waals surface area contributed by atoms with Gasteiger partial charge in [0, 0.05) is 24.5 Å². The van der Waals surface area contributed by atoms with E-state index >= 15 is 0 Å². The second-order valence-electron chi connectivity index (χ2n) is 7.03. The van der Waals surface area contributed by atoms with Crippen LogP contribution in [0.5, 0.6) is 0 Å². The number of primary amides is 1. The topological polar surface area (TPSA) is 80.9 Å². The highest BCUT2D eigenvalue weighted by molar-refractivity contribution is 5.87. The largest absolute Gasteiger partial charge is 0.369 e. The number of amides is 1. The summed E-state index contributed by atoms with van der Waals surface area (Å²) in [5.41, 5.74) is 9.85. The number of nitrogens with zero attached hydrogens (tertiary/aromatic N) is 2. The monoisotopic (exact) mass is 404 g/mol. The van der Waals surface area contributed by atoms with Gasteiger partial charge < -0.3 is 11.1 Å². The molecule has 0 bridgehead atoms. The van der Waals surface area contributed by atoms with Crippen LogP contribution in [-0.4, -0.2) is 22.4 Å². The summed E-state index contributed by atoms with van der Waals surface area (Å²) in [6.07, 6.45) is 5.87. The van der Waals surface area contributed by atoms with Crippen molar-refractivity contribution >= 4 is 17.3 Å². The molecule has 3 N–H and O–H groups in total. The number of carbonyl (C=O) groups is 1. The molecule has 30 heavy (non-hydrogen) atoms. The number of allylic oxidation sites excluding steroid dienone is 2. The van der Waals surface area contributed by atoms with Crippen LogP contribution in [0.4, 0.5) is 10.2 Å². The lowest BCUT2D eigenvalue weighted by Crippen LogP contribution is -2.24. The summed E-state index contributed by atoms with van der Waals surface area (Å²) in [7, 11) is 0. The van der Waals surface area contributed by atoms with Crippen LogP contribution in [0.15, 0.2) is 67.0 Å². The number of benzene rings is 1. The van der Waals surface area contributed by atoms with Gasteiger partial charge in [0.15, 0.2) is 0 Å². The fourth-order valence-electron chi connectivity index (χ4n) is 3.27. The van der Waals surface area contributed by atoms with E-state index in [2.05, 4.69) is 10.3 Å². The highest BCUT2D eigenvalue weighted by atomic mass is 19.1. The lowest BCUT2D eigenvalue weighted by molar-refractivity contribution is -0.118. The first-order chi connectivity index (χ1) is 14.5. The normalized spacial score (nSPS) is 12.4. The molecule has 2 heterocycles. The highest BCUT2D eigenvalue weighted by Gasteiger charge is 2.24. The lowest BCUT2D eigenvalue weighted by atomic mass is 9.91. The first-order valence-electron chi connectivity index (χ1n) is 9.81. The number of halogens is 1. The molecule has 1 atom stereocenters. The molecule has 5 nitrogen and oxygen atoms in total. The fraction of sp³-hybridized carbons (Fsp3) is 0.208. The third-order valence-corrected chi connectivity index (χ3v) is 4.97. The number of pyridine rings is 2. The number of hydrogen-bond acceptors (Lipinski definition) is 4. The summed E-state index contributed by atoms with van der Waals surface area (Å²) in [5.74, 6) is -0.837. The summed E-state index contributed by atoms with van der Waals surface area (Å²) >= 11 is 0. The van der Waals surface area contributed by atoms with Crippen LogP contribution < -0.4 is 11.1 Å². The smallest absolute Gasteiger partial charge is 0.229 e. The Bertz CT molecular complexity index is 1050. The zero-order valence-corrected chi connectivity index (χ0v) is 17.1. The van der Waals surface area contributed by atoms with Crippen LogP contribution in [0.3, 0.4) is 0 Å². The average Bonchev–Trinajstić information content (AvgIpc) is 2.75. The maximum atomic E-state index is 13.4. The van der Waals surface area contributed by atoms with Gasteiger partial charge in [-0.15, -0.1) is 0 Å². The van der Waals surface area contributed by atoms with E-state index in [1.54, 1.807) is 24.5 Å². The molecule has 6 heteroatoms.